The summed E-state index contributed by atoms with van der Waals surface area (Å²) in [5, 5.41) is 7.54. The van der Waals surface area contributed by atoms with Gasteiger partial charge in [0.15, 0.2) is 0 Å². The Labute approximate surface area is 105 Å². The van der Waals surface area contributed by atoms with Crippen molar-refractivity contribution in [2.75, 3.05) is 6.54 Å². The molecule has 0 saturated heterocycles. The number of hydrogen-bond donors (Lipinski definition) is 1. The van der Waals surface area contributed by atoms with Crippen molar-refractivity contribution >= 4 is 11.3 Å². The standard InChI is InChI=1S/C13H15FN2S/c1-2-16-13(5-10-3-4-17-9-10)11-6-12(14)8-15-7-11/h3-4,6-9,13,16H,2,5H2,1H3. The summed E-state index contributed by atoms with van der Waals surface area (Å²) >= 11 is 1.68. The van der Waals surface area contributed by atoms with Gasteiger partial charge in [-0.25, -0.2) is 4.39 Å². The smallest absolute Gasteiger partial charge is 0.141 e. The fourth-order valence-electron chi connectivity index (χ4n) is 1.82. The van der Waals surface area contributed by atoms with E-state index in [0.717, 1.165) is 18.5 Å². The van der Waals surface area contributed by atoms with Crippen LogP contribution in [0.25, 0.3) is 0 Å². The van der Waals surface area contributed by atoms with Gasteiger partial charge in [-0.15, -0.1) is 0 Å². The summed E-state index contributed by atoms with van der Waals surface area (Å²) in [5.41, 5.74) is 2.17. The van der Waals surface area contributed by atoms with Crippen LogP contribution in [-0.2, 0) is 6.42 Å². The lowest BCUT2D eigenvalue weighted by molar-refractivity contribution is 0.540. The SMILES string of the molecule is CCNC(Cc1ccsc1)c1cncc(F)c1. The van der Waals surface area contributed by atoms with Gasteiger partial charge < -0.3 is 5.32 Å². The van der Waals surface area contributed by atoms with E-state index in [1.54, 1.807) is 23.6 Å². The molecule has 0 radical (unpaired) electrons. The first kappa shape index (κ1) is 12.2. The molecule has 0 bridgehead atoms. The van der Waals surface area contributed by atoms with Crippen LogP contribution >= 0.6 is 11.3 Å². The summed E-state index contributed by atoms with van der Waals surface area (Å²) in [7, 11) is 0. The predicted octanol–water partition coefficient (Wildman–Crippen LogP) is 3.18. The molecule has 1 atom stereocenters. The number of nitrogens with zero attached hydrogens (tertiary/aromatic N) is 1. The van der Waals surface area contributed by atoms with Crippen molar-refractivity contribution in [1.29, 1.82) is 0 Å². The van der Waals surface area contributed by atoms with Crippen LogP contribution in [0.15, 0.2) is 35.3 Å². The molecule has 0 saturated carbocycles. The lowest BCUT2D eigenvalue weighted by atomic mass is 10.0. The molecule has 0 aliphatic carbocycles. The third-order valence-corrected chi connectivity index (χ3v) is 3.33. The highest BCUT2D eigenvalue weighted by Gasteiger charge is 2.12. The van der Waals surface area contributed by atoms with Gasteiger partial charge in [0.25, 0.3) is 0 Å². The number of halogens is 1. The average Bonchev–Trinajstić information content (AvgIpc) is 2.81. The fraction of sp³-hybridized carbons (Fsp3) is 0.308. The number of hydrogen-bond acceptors (Lipinski definition) is 3. The van der Waals surface area contributed by atoms with Gasteiger partial charge in [-0.05, 0) is 47.0 Å². The largest absolute Gasteiger partial charge is 0.310 e. The molecular formula is C13H15FN2S. The van der Waals surface area contributed by atoms with Crippen LogP contribution in [0.5, 0.6) is 0 Å². The van der Waals surface area contributed by atoms with E-state index in [-0.39, 0.29) is 11.9 Å². The van der Waals surface area contributed by atoms with E-state index >= 15 is 0 Å². The molecule has 0 aliphatic rings. The Bertz CT molecular complexity index is 456. The number of likely N-dealkylation sites (N-methyl/N-ethyl adjacent to an activating group) is 1. The lowest BCUT2D eigenvalue weighted by Gasteiger charge is -2.17. The van der Waals surface area contributed by atoms with E-state index in [9.17, 15) is 4.39 Å². The molecule has 4 heteroatoms. The van der Waals surface area contributed by atoms with Crippen LogP contribution in [-0.4, -0.2) is 11.5 Å². The molecule has 90 valence electrons. The van der Waals surface area contributed by atoms with Gasteiger partial charge in [0.2, 0.25) is 0 Å². The summed E-state index contributed by atoms with van der Waals surface area (Å²) in [6.07, 6.45) is 3.82. The van der Waals surface area contributed by atoms with Crippen molar-refractivity contribution in [1.82, 2.24) is 10.3 Å². The Balaban J connectivity index is 2.16. The highest BCUT2D eigenvalue weighted by Crippen LogP contribution is 2.19. The molecular weight excluding hydrogens is 235 g/mol. The van der Waals surface area contributed by atoms with Crippen molar-refractivity contribution < 1.29 is 4.39 Å². The third kappa shape index (κ3) is 3.35. The van der Waals surface area contributed by atoms with Crippen molar-refractivity contribution in [2.45, 2.75) is 19.4 Å². The summed E-state index contributed by atoms with van der Waals surface area (Å²) in [5.74, 6) is -0.282. The second kappa shape index (κ2) is 5.89. The van der Waals surface area contributed by atoms with Crippen LogP contribution in [0, 0.1) is 5.82 Å². The monoisotopic (exact) mass is 250 g/mol. The number of aromatic nitrogens is 1. The van der Waals surface area contributed by atoms with Gasteiger partial charge in [0, 0.05) is 12.2 Å². The number of thiophene rings is 1. The van der Waals surface area contributed by atoms with Crippen LogP contribution in [0.2, 0.25) is 0 Å². The average molecular weight is 250 g/mol. The molecule has 2 aromatic rings. The number of nitrogens with one attached hydrogen (secondary N) is 1. The fourth-order valence-corrected chi connectivity index (χ4v) is 2.50. The Morgan fingerprint density at radius 1 is 1.47 bits per heavy atom. The zero-order valence-corrected chi connectivity index (χ0v) is 10.5. The molecule has 2 heterocycles. The lowest BCUT2D eigenvalue weighted by Crippen LogP contribution is -2.23. The van der Waals surface area contributed by atoms with E-state index in [0.29, 0.717) is 0 Å². The van der Waals surface area contributed by atoms with Crippen LogP contribution in [0.1, 0.15) is 24.1 Å². The summed E-state index contributed by atoms with van der Waals surface area (Å²) < 4.78 is 13.2. The van der Waals surface area contributed by atoms with Gasteiger partial charge in [0.1, 0.15) is 5.82 Å². The molecule has 0 fully saturated rings. The van der Waals surface area contributed by atoms with Crippen molar-refractivity contribution in [3.8, 4) is 0 Å². The Hall–Kier alpha value is -1.26. The molecule has 17 heavy (non-hydrogen) atoms. The maximum Gasteiger partial charge on any atom is 0.141 e. The third-order valence-electron chi connectivity index (χ3n) is 2.60. The Kier molecular flexibility index (Phi) is 4.23. The van der Waals surface area contributed by atoms with E-state index < -0.39 is 0 Å². The minimum Gasteiger partial charge on any atom is -0.310 e. The second-order valence-corrected chi connectivity index (χ2v) is 4.66. The van der Waals surface area contributed by atoms with E-state index in [4.69, 9.17) is 0 Å². The zero-order valence-electron chi connectivity index (χ0n) is 9.69. The molecule has 0 spiro atoms. The zero-order chi connectivity index (χ0) is 12.1. The maximum atomic E-state index is 13.2. The van der Waals surface area contributed by atoms with Gasteiger partial charge in [-0.1, -0.05) is 6.92 Å². The van der Waals surface area contributed by atoms with E-state index in [1.165, 1.54) is 11.8 Å². The molecule has 2 nitrogen and oxygen atoms in total. The molecule has 1 unspecified atom stereocenters. The summed E-state index contributed by atoms with van der Waals surface area (Å²) in [6.45, 7) is 2.90. The number of rotatable bonds is 5. The Morgan fingerprint density at radius 2 is 2.35 bits per heavy atom. The molecule has 2 rings (SSSR count). The van der Waals surface area contributed by atoms with Gasteiger partial charge in [-0.3, -0.25) is 4.98 Å². The van der Waals surface area contributed by atoms with Crippen LogP contribution in [0.4, 0.5) is 4.39 Å². The van der Waals surface area contributed by atoms with Crippen LogP contribution in [0.3, 0.4) is 0 Å². The topological polar surface area (TPSA) is 24.9 Å². The van der Waals surface area contributed by atoms with Crippen molar-refractivity contribution in [2.24, 2.45) is 0 Å². The highest BCUT2D eigenvalue weighted by molar-refractivity contribution is 7.07. The minimum atomic E-state index is -0.282. The van der Waals surface area contributed by atoms with Crippen molar-refractivity contribution in [3.63, 3.8) is 0 Å². The quantitative estimate of drug-likeness (QED) is 0.881. The molecule has 0 aliphatic heterocycles. The first-order chi connectivity index (χ1) is 8.29. The van der Waals surface area contributed by atoms with Gasteiger partial charge >= 0.3 is 0 Å². The summed E-state index contributed by atoms with van der Waals surface area (Å²) in [4.78, 5) is 3.90. The van der Waals surface area contributed by atoms with Gasteiger partial charge in [0.05, 0.1) is 6.20 Å². The van der Waals surface area contributed by atoms with Gasteiger partial charge in [-0.2, -0.15) is 11.3 Å². The highest BCUT2D eigenvalue weighted by atomic mass is 32.1. The first-order valence-electron chi connectivity index (χ1n) is 5.64. The second-order valence-electron chi connectivity index (χ2n) is 3.88. The normalized spacial score (nSPS) is 12.6. The molecule has 0 amide bonds. The van der Waals surface area contributed by atoms with E-state index in [2.05, 4.69) is 27.1 Å². The molecule has 0 aromatic carbocycles. The van der Waals surface area contributed by atoms with Crippen molar-refractivity contribution in [3.05, 3.63) is 52.2 Å². The minimum absolute atomic E-state index is 0.123. The van der Waals surface area contributed by atoms with E-state index in [1.807, 2.05) is 6.92 Å². The summed E-state index contributed by atoms with van der Waals surface area (Å²) in [6, 6.07) is 3.77. The first-order valence-corrected chi connectivity index (χ1v) is 6.58. The molecule has 2 aromatic heterocycles. The van der Waals surface area contributed by atoms with Crippen LogP contribution < -0.4 is 5.32 Å². The Morgan fingerprint density at radius 3 is 3.00 bits per heavy atom. The predicted molar refractivity (Wildman–Crippen MR) is 68.6 cm³/mol. The molecule has 1 N–H and O–H groups in total. The number of pyridine rings is 1. The maximum absolute atomic E-state index is 13.2.